The molecular formula is C13H15NO2. The van der Waals surface area contributed by atoms with E-state index in [-0.39, 0.29) is 5.54 Å². The summed E-state index contributed by atoms with van der Waals surface area (Å²) in [5, 5.41) is 9.18. The topological polar surface area (TPSA) is 40.5 Å². The van der Waals surface area contributed by atoms with E-state index in [1.54, 1.807) is 4.90 Å². The zero-order valence-electron chi connectivity index (χ0n) is 9.10. The first-order chi connectivity index (χ1) is 7.71. The van der Waals surface area contributed by atoms with Gasteiger partial charge in [-0.05, 0) is 24.8 Å². The predicted molar refractivity (Wildman–Crippen MR) is 60.5 cm³/mol. The van der Waals surface area contributed by atoms with Crippen LogP contribution >= 0.6 is 0 Å². The van der Waals surface area contributed by atoms with E-state index in [2.05, 4.69) is 12.1 Å². The molecule has 1 atom stereocenters. The molecule has 1 spiro atoms. The van der Waals surface area contributed by atoms with Gasteiger partial charge in [-0.1, -0.05) is 30.3 Å². The molecule has 3 nitrogen and oxygen atoms in total. The van der Waals surface area contributed by atoms with E-state index < -0.39 is 6.09 Å². The molecule has 2 aliphatic rings. The zero-order chi connectivity index (χ0) is 11.2. The average Bonchev–Trinajstić information content (AvgIpc) is 2.92. The second-order valence-corrected chi connectivity index (χ2v) is 4.93. The first-order valence-electron chi connectivity index (χ1n) is 5.77. The molecule has 0 radical (unpaired) electrons. The highest BCUT2D eigenvalue weighted by Gasteiger charge is 2.56. The summed E-state index contributed by atoms with van der Waals surface area (Å²) in [7, 11) is 0. The Morgan fingerprint density at radius 3 is 2.50 bits per heavy atom. The molecule has 1 aliphatic carbocycles. The molecule has 84 valence electrons. The van der Waals surface area contributed by atoms with Gasteiger partial charge < -0.3 is 10.0 Å². The minimum atomic E-state index is -0.754. The molecule has 0 unspecified atom stereocenters. The van der Waals surface area contributed by atoms with Gasteiger partial charge in [-0.3, -0.25) is 0 Å². The summed E-state index contributed by atoms with van der Waals surface area (Å²) in [4.78, 5) is 12.8. The van der Waals surface area contributed by atoms with Crippen molar-refractivity contribution in [3.05, 3.63) is 35.9 Å². The highest BCUT2D eigenvalue weighted by atomic mass is 16.4. The second kappa shape index (κ2) is 3.24. The van der Waals surface area contributed by atoms with Crippen LogP contribution in [-0.4, -0.2) is 28.2 Å². The lowest BCUT2D eigenvalue weighted by molar-refractivity contribution is 0.135. The Hall–Kier alpha value is -1.51. The van der Waals surface area contributed by atoms with Crippen molar-refractivity contribution in [1.29, 1.82) is 0 Å². The molecule has 2 fully saturated rings. The predicted octanol–water partition coefficient (Wildman–Crippen LogP) is 2.69. The SMILES string of the molecule is O=C(O)N1C[C@@H](c2ccccc2)CC12CC2. The van der Waals surface area contributed by atoms with Crippen molar-refractivity contribution in [1.82, 2.24) is 4.90 Å². The first-order valence-corrected chi connectivity index (χ1v) is 5.77. The molecule has 1 aromatic carbocycles. The summed E-state index contributed by atoms with van der Waals surface area (Å²) in [6.07, 6.45) is 2.34. The fraction of sp³-hybridized carbons (Fsp3) is 0.462. The summed E-state index contributed by atoms with van der Waals surface area (Å²) in [5.41, 5.74) is 1.27. The monoisotopic (exact) mass is 217 g/mol. The third kappa shape index (κ3) is 1.39. The lowest BCUT2D eigenvalue weighted by Gasteiger charge is -2.19. The Morgan fingerprint density at radius 2 is 2.00 bits per heavy atom. The first kappa shape index (κ1) is 9.70. The van der Waals surface area contributed by atoms with Crippen molar-refractivity contribution >= 4 is 6.09 Å². The van der Waals surface area contributed by atoms with Crippen LogP contribution in [0.2, 0.25) is 0 Å². The van der Waals surface area contributed by atoms with Gasteiger partial charge in [0.1, 0.15) is 0 Å². The van der Waals surface area contributed by atoms with Gasteiger partial charge in [0, 0.05) is 18.0 Å². The van der Waals surface area contributed by atoms with Crippen molar-refractivity contribution in [2.24, 2.45) is 0 Å². The summed E-state index contributed by atoms with van der Waals surface area (Å²) < 4.78 is 0. The van der Waals surface area contributed by atoms with Crippen LogP contribution in [0.1, 0.15) is 30.7 Å². The van der Waals surface area contributed by atoms with Gasteiger partial charge in [-0.2, -0.15) is 0 Å². The van der Waals surface area contributed by atoms with E-state index in [4.69, 9.17) is 0 Å². The number of hydrogen-bond donors (Lipinski definition) is 1. The van der Waals surface area contributed by atoms with E-state index in [9.17, 15) is 9.90 Å². The molecule has 1 N–H and O–H groups in total. The Balaban J connectivity index is 1.84. The van der Waals surface area contributed by atoms with Crippen LogP contribution in [0.25, 0.3) is 0 Å². The van der Waals surface area contributed by atoms with Gasteiger partial charge in [0.05, 0.1) is 0 Å². The van der Waals surface area contributed by atoms with Crippen LogP contribution < -0.4 is 0 Å². The Labute approximate surface area is 94.7 Å². The molecular weight excluding hydrogens is 202 g/mol. The lowest BCUT2D eigenvalue weighted by atomic mass is 9.96. The number of hydrogen-bond acceptors (Lipinski definition) is 1. The van der Waals surface area contributed by atoms with E-state index in [0.29, 0.717) is 12.5 Å². The molecule has 0 bridgehead atoms. The fourth-order valence-corrected chi connectivity index (χ4v) is 2.90. The highest BCUT2D eigenvalue weighted by molar-refractivity contribution is 5.68. The number of likely N-dealkylation sites (tertiary alicyclic amines) is 1. The Bertz CT molecular complexity index is 411. The van der Waals surface area contributed by atoms with Gasteiger partial charge in [-0.15, -0.1) is 0 Å². The summed E-state index contributed by atoms with van der Waals surface area (Å²) in [5.74, 6) is 0.389. The third-order valence-corrected chi connectivity index (χ3v) is 3.93. The number of carboxylic acid groups (broad SMARTS) is 1. The number of carbonyl (C=O) groups is 1. The fourth-order valence-electron chi connectivity index (χ4n) is 2.90. The maximum atomic E-state index is 11.2. The smallest absolute Gasteiger partial charge is 0.407 e. The van der Waals surface area contributed by atoms with Crippen molar-refractivity contribution in [3.8, 4) is 0 Å². The maximum Gasteiger partial charge on any atom is 0.407 e. The molecule has 1 aromatic rings. The standard InChI is InChI=1S/C13H15NO2/c15-12(16)14-9-11(8-13(14)6-7-13)10-4-2-1-3-5-10/h1-5,11H,6-9H2,(H,15,16)/t11-/m0/s1. The lowest BCUT2D eigenvalue weighted by Crippen LogP contribution is -2.35. The van der Waals surface area contributed by atoms with E-state index in [1.807, 2.05) is 18.2 Å². The van der Waals surface area contributed by atoms with Crippen molar-refractivity contribution < 1.29 is 9.90 Å². The Morgan fingerprint density at radius 1 is 1.31 bits per heavy atom. The van der Waals surface area contributed by atoms with Crippen molar-refractivity contribution in [2.45, 2.75) is 30.7 Å². The normalized spacial score (nSPS) is 26.0. The molecule has 1 amide bonds. The van der Waals surface area contributed by atoms with Crippen molar-refractivity contribution in [3.63, 3.8) is 0 Å². The molecule has 1 heterocycles. The molecule has 3 rings (SSSR count). The van der Waals surface area contributed by atoms with Gasteiger partial charge >= 0.3 is 6.09 Å². The van der Waals surface area contributed by atoms with Crippen LogP contribution in [0, 0.1) is 0 Å². The number of benzene rings is 1. The van der Waals surface area contributed by atoms with Crippen LogP contribution in [0.5, 0.6) is 0 Å². The van der Waals surface area contributed by atoms with Gasteiger partial charge in [0.2, 0.25) is 0 Å². The van der Waals surface area contributed by atoms with Crippen molar-refractivity contribution in [2.75, 3.05) is 6.54 Å². The van der Waals surface area contributed by atoms with Gasteiger partial charge in [-0.25, -0.2) is 4.79 Å². The largest absolute Gasteiger partial charge is 0.465 e. The Kier molecular flexibility index (Phi) is 1.96. The van der Waals surface area contributed by atoms with E-state index in [1.165, 1.54) is 5.56 Å². The maximum absolute atomic E-state index is 11.2. The summed E-state index contributed by atoms with van der Waals surface area (Å²) in [6.45, 7) is 0.666. The van der Waals surface area contributed by atoms with E-state index >= 15 is 0 Å². The summed E-state index contributed by atoms with van der Waals surface area (Å²) in [6, 6.07) is 10.3. The van der Waals surface area contributed by atoms with Crippen LogP contribution in [0.4, 0.5) is 4.79 Å². The highest BCUT2D eigenvalue weighted by Crippen LogP contribution is 2.53. The number of amides is 1. The molecule has 16 heavy (non-hydrogen) atoms. The van der Waals surface area contributed by atoms with Gasteiger partial charge in [0.15, 0.2) is 0 Å². The third-order valence-electron chi connectivity index (χ3n) is 3.93. The minimum Gasteiger partial charge on any atom is -0.465 e. The average molecular weight is 217 g/mol. The number of rotatable bonds is 1. The number of nitrogens with zero attached hydrogens (tertiary/aromatic N) is 1. The second-order valence-electron chi connectivity index (χ2n) is 4.93. The molecule has 0 aromatic heterocycles. The van der Waals surface area contributed by atoms with Gasteiger partial charge in [0.25, 0.3) is 0 Å². The molecule has 1 aliphatic heterocycles. The molecule has 3 heteroatoms. The van der Waals surface area contributed by atoms with Crippen LogP contribution in [0.3, 0.4) is 0 Å². The zero-order valence-corrected chi connectivity index (χ0v) is 9.10. The van der Waals surface area contributed by atoms with Crippen LogP contribution in [0.15, 0.2) is 30.3 Å². The summed E-state index contributed by atoms with van der Waals surface area (Å²) >= 11 is 0. The molecule has 1 saturated heterocycles. The minimum absolute atomic E-state index is 0.00760. The van der Waals surface area contributed by atoms with Crippen LogP contribution in [-0.2, 0) is 0 Å². The quantitative estimate of drug-likeness (QED) is 0.785. The molecule has 1 saturated carbocycles. The van der Waals surface area contributed by atoms with E-state index in [0.717, 1.165) is 19.3 Å².